The first-order valence-corrected chi connectivity index (χ1v) is 5.32. The number of likely N-dealkylation sites (N-methyl/N-ethyl adjacent to an activating group) is 1. The second-order valence-electron chi connectivity index (χ2n) is 3.20. The highest BCUT2D eigenvalue weighted by atomic mass is 32.1. The molecule has 0 saturated carbocycles. The molecule has 13 heavy (non-hydrogen) atoms. The van der Waals surface area contributed by atoms with Crippen LogP contribution in [0.5, 0.6) is 0 Å². The zero-order valence-electron chi connectivity index (χ0n) is 8.63. The van der Waals surface area contributed by atoms with Crippen molar-refractivity contribution < 1.29 is 4.74 Å². The highest BCUT2D eigenvalue weighted by Gasteiger charge is 2.17. The molecule has 2 unspecified atom stereocenters. The minimum Gasteiger partial charge on any atom is -0.380 e. The average Bonchev–Trinajstić information content (AvgIpc) is 2.53. The molecule has 2 atom stereocenters. The molecule has 0 aromatic carbocycles. The van der Waals surface area contributed by atoms with Gasteiger partial charge in [0.25, 0.3) is 0 Å². The Hall–Kier alpha value is -0.380. The summed E-state index contributed by atoms with van der Waals surface area (Å²) >= 11 is 1.78. The maximum atomic E-state index is 5.31. The molecule has 0 fully saturated rings. The molecule has 0 saturated heterocycles. The van der Waals surface area contributed by atoms with Crippen LogP contribution >= 0.6 is 11.3 Å². The molecule has 0 radical (unpaired) electrons. The van der Waals surface area contributed by atoms with E-state index in [4.69, 9.17) is 4.74 Å². The Kier molecular flexibility index (Phi) is 3.90. The molecule has 3 heteroatoms. The maximum Gasteiger partial charge on any atom is 0.0738 e. The zero-order valence-corrected chi connectivity index (χ0v) is 9.44. The highest BCUT2D eigenvalue weighted by molar-refractivity contribution is 7.10. The molecular weight excluding hydrogens is 182 g/mol. The summed E-state index contributed by atoms with van der Waals surface area (Å²) in [6.45, 7) is 4.20. The average molecular weight is 199 g/mol. The van der Waals surface area contributed by atoms with Crippen molar-refractivity contribution in [3.8, 4) is 0 Å². The molecule has 0 aliphatic heterocycles. The van der Waals surface area contributed by atoms with Gasteiger partial charge in [0.2, 0.25) is 0 Å². The van der Waals surface area contributed by atoms with E-state index in [-0.39, 0.29) is 6.10 Å². The number of hydrogen-bond acceptors (Lipinski definition) is 3. The fourth-order valence-corrected chi connectivity index (χ4v) is 2.18. The van der Waals surface area contributed by atoms with Gasteiger partial charge >= 0.3 is 0 Å². The smallest absolute Gasteiger partial charge is 0.0738 e. The predicted octanol–water partition coefficient (Wildman–Crippen LogP) is 2.35. The summed E-state index contributed by atoms with van der Waals surface area (Å²) < 4.78 is 5.31. The maximum absolute atomic E-state index is 5.31. The van der Waals surface area contributed by atoms with Crippen LogP contribution in [0.2, 0.25) is 0 Å². The molecule has 1 aromatic rings. The summed E-state index contributed by atoms with van der Waals surface area (Å²) in [6.07, 6.45) is 0.207. The second-order valence-corrected chi connectivity index (χ2v) is 4.31. The Morgan fingerprint density at radius 2 is 2.23 bits per heavy atom. The third-order valence-electron chi connectivity index (χ3n) is 2.26. The van der Waals surface area contributed by atoms with Crippen LogP contribution in [0, 0.1) is 6.92 Å². The normalized spacial score (nSPS) is 15.7. The quantitative estimate of drug-likeness (QED) is 0.803. The van der Waals surface area contributed by atoms with Gasteiger partial charge in [-0.3, -0.25) is 0 Å². The van der Waals surface area contributed by atoms with Gasteiger partial charge in [0.05, 0.1) is 12.1 Å². The van der Waals surface area contributed by atoms with Crippen molar-refractivity contribution in [1.29, 1.82) is 0 Å². The molecule has 74 valence electrons. The van der Waals surface area contributed by atoms with E-state index in [1.54, 1.807) is 18.4 Å². The molecule has 0 bridgehead atoms. The second kappa shape index (κ2) is 4.74. The van der Waals surface area contributed by atoms with Crippen LogP contribution in [-0.4, -0.2) is 20.3 Å². The van der Waals surface area contributed by atoms with Crippen molar-refractivity contribution >= 4 is 11.3 Å². The van der Waals surface area contributed by atoms with E-state index in [2.05, 4.69) is 30.6 Å². The van der Waals surface area contributed by atoms with Crippen molar-refractivity contribution in [2.75, 3.05) is 14.2 Å². The third-order valence-corrected chi connectivity index (χ3v) is 3.14. The molecule has 0 spiro atoms. The summed E-state index contributed by atoms with van der Waals surface area (Å²) in [4.78, 5) is 1.35. The largest absolute Gasteiger partial charge is 0.380 e. The van der Waals surface area contributed by atoms with Crippen LogP contribution in [0.25, 0.3) is 0 Å². The van der Waals surface area contributed by atoms with Crippen molar-refractivity contribution in [1.82, 2.24) is 5.32 Å². The fourth-order valence-electron chi connectivity index (χ4n) is 1.44. The number of methoxy groups -OCH3 is 1. The van der Waals surface area contributed by atoms with Crippen molar-refractivity contribution in [2.45, 2.75) is 26.0 Å². The van der Waals surface area contributed by atoms with Gasteiger partial charge in [-0.1, -0.05) is 0 Å². The van der Waals surface area contributed by atoms with Gasteiger partial charge in [-0.05, 0) is 37.9 Å². The van der Waals surface area contributed by atoms with E-state index in [0.717, 1.165) is 0 Å². The van der Waals surface area contributed by atoms with Gasteiger partial charge in [-0.15, -0.1) is 11.3 Å². The van der Waals surface area contributed by atoms with E-state index in [9.17, 15) is 0 Å². The number of thiophene rings is 1. The molecule has 1 heterocycles. The van der Waals surface area contributed by atoms with Crippen LogP contribution < -0.4 is 5.32 Å². The Morgan fingerprint density at radius 3 is 2.62 bits per heavy atom. The number of rotatable bonds is 4. The lowest BCUT2D eigenvalue weighted by Crippen LogP contribution is -2.28. The van der Waals surface area contributed by atoms with Gasteiger partial charge in [0.15, 0.2) is 0 Å². The first kappa shape index (κ1) is 10.7. The minimum atomic E-state index is 0.207. The monoisotopic (exact) mass is 199 g/mol. The Labute approximate surface area is 83.9 Å². The Bertz CT molecular complexity index is 259. The first-order valence-electron chi connectivity index (χ1n) is 4.44. The first-order chi connectivity index (χ1) is 6.19. The van der Waals surface area contributed by atoms with Crippen molar-refractivity contribution in [3.05, 3.63) is 21.9 Å². The van der Waals surface area contributed by atoms with Crippen LogP contribution in [0.15, 0.2) is 11.4 Å². The van der Waals surface area contributed by atoms with Gasteiger partial charge in [0, 0.05) is 12.0 Å². The van der Waals surface area contributed by atoms with Crippen LogP contribution in [0.3, 0.4) is 0 Å². The van der Waals surface area contributed by atoms with E-state index in [0.29, 0.717) is 6.04 Å². The summed E-state index contributed by atoms with van der Waals surface area (Å²) in [7, 11) is 3.71. The van der Waals surface area contributed by atoms with Crippen LogP contribution in [0.1, 0.15) is 23.4 Å². The number of hydrogen-bond donors (Lipinski definition) is 1. The summed E-state index contributed by atoms with van der Waals surface area (Å²) in [5.74, 6) is 0. The molecule has 0 amide bonds. The number of nitrogens with one attached hydrogen (secondary N) is 1. The van der Waals surface area contributed by atoms with Gasteiger partial charge in [0.1, 0.15) is 0 Å². The van der Waals surface area contributed by atoms with Crippen LogP contribution in [0.4, 0.5) is 0 Å². The third kappa shape index (κ3) is 2.53. The number of ether oxygens (including phenoxy) is 1. The van der Waals surface area contributed by atoms with Gasteiger partial charge in [-0.25, -0.2) is 0 Å². The van der Waals surface area contributed by atoms with E-state index in [1.807, 2.05) is 7.05 Å². The van der Waals surface area contributed by atoms with Crippen LogP contribution in [-0.2, 0) is 4.74 Å². The standard InChI is InChI=1S/C10H17NOS/c1-7-5-9(6-13-7)10(11-3)8(2)12-4/h5-6,8,10-11H,1-4H3. The number of aryl methyl sites for hydroxylation is 1. The Morgan fingerprint density at radius 1 is 1.54 bits per heavy atom. The lowest BCUT2D eigenvalue weighted by Gasteiger charge is -2.21. The molecule has 0 aliphatic carbocycles. The lowest BCUT2D eigenvalue weighted by molar-refractivity contribution is 0.0858. The molecule has 0 aliphatic rings. The molecule has 1 N–H and O–H groups in total. The van der Waals surface area contributed by atoms with E-state index < -0.39 is 0 Å². The molecule has 1 aromatic heterocycles. The van der Waals surface area contributed by atoms with E-state index >= 15 is 0 Å². The predicted molar refractivity (Wildman–Crippen MR) is 57.3 cm³/mol. The molecule has 2 nitrogen and oxygen atoms in total. The van der Waals surface area contributed by atoms with E-state index in [1.165, 1.54) is 10.4 Å². The zero-order chi connectivity index (χ0) is 9.84. The topological polar surface area (TPSA) is 21.3 Å². The van der Waals surface area contributed by atoms with Gasteiger partial charge in [-0.2, -0.15) is 0 Å². The highest BCUT2D eigenvalue weighted by Crippen LogP contribution is 2.23. The fraction of sp³-hybridized carbons (Fsp3) is 0.600. The molecule has 1 rings (SSSR count). The Balaban J connectivity index is 2.77. The summed E-state index contributed by atoms with van der Waals surface area (Å²) in [5, 5.41) is 5.45. The van der Waals surface area contributed by atoms with Crippen molar-refractivity contribution in [3.63, 3.8) is 0 Å². The SMILES string of the molecule is CNC(c1csc(C)c1)C(C)OC. The van der Waals surface area contributed by atoms with Crippen molar-refractivity contribution in [2.24, 2.45) is 0 Å². The van der Waals surface area contributed by atoms with Gasteiger partial charge < -0.3 is 10.1 Å². The minimum absolute atomic E-state index is 0.207. The molecular formula is C10H17NOS. The summed E-state index contributed by atoms with van der Waals surface area (Å²) in [6, 6.07) is 2.51. The summed E-state index contributed by atoms with van der Waals surface area (Å²) in [5.41, 5.74) is 1.32. The lowest BCUT2D eigenvalue weighted by atomic mass is 10.1.